The van der Waals surface area contributed by atoms with Crippen LogP contribution in [0.25, 0.3) is 0 Å². The van der Waals surface area contributed by atoms with Crippen LogP contribution < -0.4 is 0 Å². The molecule has 0 unspecified atom stereocenters. The molecule has 0 aromatic heterocycles. The van der Waals surface area contributed by atoms with Gasteiger partial charge in [0.15, 0.2) is 0 Å². The third kappa shape index (κ3) is 2.65. The predicted octanol–water partition coefficient (Wildman–Crippen LogP) is 3.42. The van der Waals surface area contributed by atoms with E-state index in [2.05, 4.69) is 0 Å². The SMILES string of the molecule is C[C@]1(O)C[C@@H](C(=O)N2CC3(CCC(F)(c4ccccc4)CC3)C2)C1. The van der Waals surface area contributed by atoms with Gasteiger partial charge in [-0.3, -0.25) is 4.79 Å². The maximum Gasteiger partial charge on any atom is 0.225 e. The minimum absolute atomic E-state index is 0.00877. The lowest BCUT2D eigenvalue weighted by Gasteiger charge is -2.56. The van der Waals surface area contributed by atoms with Crippen molar-refractivity contribution in [1.29, 1.82) is 0 Å². The number of nitrogens with zero attached hydrogens (tertiary/aromatic N) is 1. The Hall–Kier alpha value is -1.42. The minimum atomic E-state index is -1.20. The van der Waals surface area contributed by atoms with Gasteiger partial charge in [0.05, 0.1) is 5.60 Å². The molecule has 2 aliphatic carbocycles. The number of carbonyl (C=O) groups is 1. The van der Waals surface area contributed by atoms with Crippen molar-refractivity contribution < 1.29 is 14.3 Å². The molecule has 1 aliphatic heterocycles. The highest BCUT2D eigenvalue weighted by molar-refractivity contribution is 5.81. The third-order valence-corrected chi connectivity index (χ3v) is 6.48. The predicted molar refractivity (Wildman–Crippen MR) is 90.1 cm³/mol. The minimum Gasteiger partial charge on any atom is -0.390 e. The topological polar surface area (TPSA) is 40.5 Å². The largest absolute Gasteiger partial charge is 0.390 e. The molecule has 3 fully saturated rings. The van der Waals surface area contributed by atoms with E-state index >= 15 is 4.39 Å². The Morgan fingerprint density at radius 1 is 1.12 bits per heavy atom. The zero-order valence-corrected chi connectivity index (χ0v) is 14.3. The number of benzene rings is 1. The molecule has 2 saturated carbocycles. The Morgan fingerprint density at radius 3 is 2.25 bits per heavy atom. The molecular weight excluding hydrogens is 305 g/mol. The van der Waals surface area contributed by atoms with Crippen molar-refractivity contribution in [3.05, 3.63) is 35.9 Å². The molecule has 4 heteroatoms. The van der Waals surface area contributed by atoms with E-state index in [0.717, 1.165) is 31.5 Å². The van der Waals surface area contributed by atoms with Crippen molar-refractivity contribution in [2.45, 2.75) is 56.7 Å². The first-order valence-corrected chi connectivity index (χ1v) is 9.07. The van der Waals surface area contributed by atoms with Crippen LogP contribution in [-0.4, -0.2) is 34.6 Å². The molecule has 1 N–H and O–H groups in total. The molecule has 0 bridgehead atoms. The van der Waals surface area contributed by atoms with E-state index in [1.165, 1.54) is 0 Å². The maximum absolute atomic E-state index is 15.2. The lowest BCUT2D eigenvalue weighted by molar-refractivity contribution is -0.165. The van der Waals surface area contributed by atoms with E-state index < -0.39 is 11.3 Å². The Bertz CT molecular complexity index is 618. The highest BCUT2D eigenvalue weighted by Crippen LogP contribution is 2.52. The molecule has 1 heterocycles. The fraction of sp³-hybridized carbons (Fsp3) is 0.650. The van der Waals surface area contributed by atoms with Crippen molar-refractivity contribution in [3.8, 4) is 0 Å². The summed E-state index contributed by atoms with van der Waals surface area (Å²) in [6, 6.07) is 9.50. The highest BCUT2D eigenvalue weighted by atomic mass is 19.1. The number of alkyl halides is 1. The summed E-state index contributed by atoms with van der Waals surface area (Å²) in [5.41, 5.74) is -0.934. The Morgan fingerprint density at radius 2 is 1.71 bits per heavy atom. The second kappa shape index (κ2) is 5.29. The van der Waals surface area contributed by atoms with Gasteiger partial charge in [-0.15, -0.1) is 0 Å². The molecule has 3 aliphatic rings. The molecular formula is C20H26FNO2. The molecule has 1 amide bonds. The second-order valence-corrected chi connectivity index (χ2v) is 8.63. The van der Waals surface area contributed by atoms with E-state index in [9.17, 15) is 9.90 Å². The summed E-state index contributed by atoms with van der Waals surface area (Å²) in [7, 11) is 0. The summed E-state index contributed by atoms with van der Waals surface area (Å²) < 4.78 is 15.2. The van der Waals surface area contributed by atoms with Gasteiger partial charge in [0, 0.05) is 24.4 Å². The maximum atomic E-state index is 15.2. The molecule has 1 spiro atoms. The molecule has 24 heavy (non-hydrogen) atoms. The van der Waals surface area contributed by atoms with Gasteiger partial charge in [-0.05, 0) is 51.0 Å². The van der Waals surface area contributed by atoms with Crippen molar-refractivity contribution in [1.82, 2.24) is 4.90 Å². The second-order valence-electron chi connectivity index (χ2n) is 8.63. The van der Waals surface area contributed by atoms with Crippen molar-refractivity contribution in [3.63, 3.8) is 0 Å². The third-order valence-electron chi connectivity index (χ3n) is 6.48. The van der Waals surface area contributed by atoms with Crippen LogP contribution in [0.2, 0.25) is 0 Å². The van der Waals surface area contributed by atoms with Crippen LogP contribution in [0.3, 0.4) is 0 Å². The number of aliphatic hydroxyl groups is 1. The summed E-state index contributed by atoms with van der Waals surface area (Å²) >= 11 is 0. The van der Waals surface area contributed by atoms with Crippen LogP contribution in [0, 0.1) is 11.3 Å². The van der Waals surface area contributed by atoms with Gasteiger partial charge in [-0.25, -0.2) is 4.39 Å². The summed E-state index contributed by atoms with van der Waals surface area (Å²) in [6.45, 7) is 3.34. The molecule has 1 aromatic rings. The number of hydrogen-bond donors (Lipinski definition) is 1. The lowest BCUT2D eigenvalue weighted by Crippen LogP contribution is -2.63. The van der Waals surface area contributed by atoms with Crippen LogP contribution in [0.5, 0.6) is 0 Å². The van der Waals surface area contributed by atoms with Gasteiger partial charge in [0.2, 0.25) is 5.91 Å². The normalized spacial score (nSPS) is 33.6. The molecule has 4 rings (SSSR count). The molecule has 1 aromatic carbocycles. The van der Waals surface area contributed by atoms with Crippen LogP contribution in [0.15, 0.2) is 30.3 Å². The number of rotatable bonds is 2. The fourth-order valence-electron chi connectivity index (χ4n) is 4.87. The smallest absolute Gasteiger partial charge is 0.225 e. The zero-order valence-electron chi connectivity index (χ0n) is 14.3. The van der Waals surface area contributed by atoms with Gasteiger partial charge in [-0.1, -0.05) is 30.3 Å². The van der Waals surface area contributed by atoms with Gasteiger partial charge in [0.1, 0.15) is 5.67 Å². The number of hydrogen-bond acceptors (Lipinski definition) is 2. The zero-order chi connectivity index (χ0) is 17.0. The van der Waals surface area contributed by atoms with E-state index in [4.69, 9.17) is 0 Å². The summed E-state index contributed by atoms with van der Waals surface area (Å²) in [5, 5.41) is 9.80. The number of halogens is 1. The number of carbonyl (C=O) groups excluding carboxylic acids is 1. The van der Waals surface area contributed by atoms with Gasteiger partial charge < -0.3 is 10.0 Å². The average molecular weight is 331 g/mol. The van der Waals surface area contributed by atoms with E-state index in [1.807, 2.05) is 35.2 Å². The van der Waals surface area contributed by atoms with Crippen molar-refractivity contribution in [2.75, 3.05) is 13.1 Å². The Labute approximate surface area is 142 Å². The average Bonchev–Trinajstić information content (AvgIpc) is 2.52. The molecule has 1 saturated heterocycles. The summed E-state index contributed by atoms with van der Waals surface area (Å²) in [6.07, 6.45) is 3.97. The standard InChI is InChI=1S/C20H26FNO2/c1-18(24)11-15(12-18)17(23)22-13-19(14-22)7-9-20(21,10-8-19)16-5-3-2-4-6-16/h2-6,15,24H,7-14H2,1H3/t15-,18+. The van der Waals surface area contributed by atoms with Crippen LogP contribution >= 0.6 is 0 Å². The first-order chi connectivity index (χ1) is 11.3. The first kappa shape index (κ1) is 16.1. The monoisotopic (exact) mass is 331 g/mol. The number of likely N-dealkylation sites (tertiary alicyclic amines) is 1. The summed E-state index contributed by atoms with van der Waals surface area (Å²) in [5.74, 6) is 0.179. The molecule has 3 nitrogen and oxygen atoms in total. The summed E-state index contributed by atoms with van der Waals surface area (Å²) in [4.78, 5) is 14.3. The van der Waals surface area contributed by atoms with E-state index in [1.54, 1.807) is 6.92 Å². The highest BCUT2D eigenvalue weighted by Gasteiger charge is 2.53. The quantitative estimate of drug-likeness (QED) is 0.902. The Kier molecular flexibility index (Phi) is 3.54. The van der Waals surface area contributed by atoms with Gasteiger partial charge in [-0.2, -0.15) is 0 Å². The van der Waals surface area contributed by atoms with E-state index in [-0.39, 0.29) is 17.2 Å². The molecule has 0 atom stereocenters. The van der Waals surface area contributed by atoms with Crippen LogP contribution in [0.1, 0.15) is 51.0 Å². The Balaban J connectivity index is 1.32. The van der Waals surface area contributed by atoms with Crippen molar-refractivity contribution >= 4 is 5.91 Å². The molecule has 0 radical (unpaired) electrons. The first-order valence-electron chi connectivity index (χ1n) is 9.07. The molecule has 130 valence electrons. The van der Waals surface area contributed by atoms with Gasteiger partial charge >= 0.3 is 0 Å². The van der Waals surface area contributed by atoms with Crippen LogP contribution in [0.4, 0.5) is 4.39 Å². The fourth-order valence-corrected chi connectivity index (χ4v) is 4.87. The van der Waals surface area contributed by atoms with Crippen LogP contribution in [-0.2, 0) is 10.5 Å². The van der Waals surface area contributed by atoms with E-state index in [0.29, 0.717) is 25.7 Å². The van der Waals surface area contributed by atoms with Crippen molar-refractivity contribution in [2.24, 2.45) is 11.3 Å². The van der Waals surface area contributed by atoms with Gasteiger partial charge in [0.25, 0.3) is 0 Å². The lowest BCUT2D eigenvalue weighted by atomic mass is 9.63. The number of amides is 1.